The molecule has 2 aromatic carbocycles. The van der Waals surface area contributed by atoms with Crippen LogP contribution in [0.1, 0.15) is 15.2 Å². The van der Waals surface area contributed by atoms with Crippen LogP contribution in [-0.4, -0.2) is 18.4 Å². The van der Waals surface area contributed by atoms with Gasteiger partial charge in [-0.2, -0.15) is 5.26 Å². The number of thiophene rings is 1. The predicted octanol–water partition coefficient (Wildman–Crippen LogP) is 6.71. The van der Waals surface area contributed by atoms with E-state index in [1.807, 2.05) is 24.3 Å². The molecule has 0 bridgehead atoms. The predicted molar refractivity (Wildman–Crippen MR) is 121 cm³/mol. The Bertz CT molecular complexity index is 1330. The highest BCUT2D eigenvalue weighted by Crippen LogP contribution is 2.38. The molecule has 0 aliphatic heterocycles. The van der Waals surface area contributed by atoms with Crippen LogP contribution in [0.4, 0.5) is 11.4 Å². The number of carbonyl (C=O) groups excluding carboxylic acids is 1. The second kappa shape index (κ2) is 8.33. The fourth-order valence-corrected chi connectivity index (χ4v) is 4.38. The van der Waals surface area contributed by atoms with Gasteiger partial charge in [0.15, 0.2) is 6.29 Å². The van der Waals surface area contributed by atoms with Crippen LogP contribution in [0.2, 0.25) is 10.0 Å². The van der Waals surface area contributed by atoms with Gasteiger partial charge in [0, 0.05) is 22.5 Å². The average molecular weight is 454 g/mol. The van der Waals surface area contributed by atoms with Crippen molar-refractivity contribution in [3.8, 4) is 22.3 Å². The van der Waals surface area contributed by atoms with E-state index in [0.29, 0.717) is 43.1 Å². The van der Waals surface area contributed by atoms with Crippen LogP contribution in [0, 0.1) is 11.3 Å². The number of anilines is 2. The Kier molecular flexibility index (Phi) is 5.60. The van der Waals surface area contributed by atoms with E-state index in [1.54, 1.807) is 18.2 Å². The van der Waals surface area contributed by atoms with Crippen LogP contribution in [0.5, 0.6) is 5.75 Å². The van der Waals surface area contributed by atoms with Crippen molar-refractivity contribution in [1.29, 1.82) is 5.26 Å². The zero-order chi connectivity index (χ0) is 21.3. The molecule has 0 aliphatic carbocycles. The number of methoxy groups -OCH3 is 1. The summed E-state index contributed by atoms with van der Waals surface area (Å²) in [5, 5.41) is 14.4. The first-order valence-corrected chi connectivity index (χ1v) is 10.3. The smallest absolute Gasteiger partial charge is 0.160 e. The first-order valence-electron chi connectivity index (χ1n) is 8.72. The summed E-state index contributed by atoms with van der Waals surface area (Å²) in [6.07, 6.45) is 2.35. The number of nitrogens with one attached hydrogen (secondary N) is 1. The number of nitrogens with zero attached hydrogens (tertiary/aromatic N) is 2. The molecule has 0 saturated heterocycles. The van der Waals surface area contributed by atoms with Crippen LogP contribution in [0.25, 0.3) is 21.3 Å². The number of pyridine rings is 1. The zero-order valence-electron chi connectivity index (χ0n) is 15.6. The van der Waals surface area contributed by atoms with Crippen molar-refractivity contribution in [3.05, 3.63) is 69.1 Å². The van der Waals surface area contributed by atoms with Gasteiger partial charge < -0.3 is 10.1 Å². The summed E-state index contributed by atoms with van der Waals surface area (Å²) in [6, 6.07) is 14.9. The number of hydrogen-bond acceptors (Lipinski definition) is 6. The third-order valence-electron chi connectivity index (χ3n) is 4.52. The molecule has 1 N–H and O–H groups in total. The second-order valence-corrected chi connectivity index (χ2v) is 8.23. The molecule has 4 aromatic rings. The van der Waals surface area contributed by atoms with Gasteiger partial charge in [-0.15, -0.1) is 11.3 Å². The number of ether oxygens (including phenoxy) is 1. The maximum Gasteiger partial charge on any atom is 0.160 e. The largest absolute Gasteiger partial charge is 0.495 e. The molecule has 0 amide bonds. The first kappa shape index (κ1) is 20.2. The van der Waals surface area contributed by atoms with Crippen LogP contribution < -0.4 is 10.1 Å². The SMILES string of the molecule is COc1cc(Nc2c(C#N)cnc3cc(-c4ccc(C=O)s4)ccc23)c(Cl)cc1Cl. The van der Waals surface area contributed by atoms with E-state index in [0.717, 1.165) is 22.1 Å². The molecule has 30 heavy (non-hydrogen) atoms. The molecule has 0 aliphatic rings. The number of carbonyl (C=O) groups is 1. The minimum absolute atomic E-state index is 0.375. The molecule has 2 heterocycles. The summed E-state index contributed by atoms with van der Waals surface area (Å²) >= 11 is 13.9. The molecule has 0 fully saturated rings. The van der Waals surface area contributed by atoms with Gasteiger partial charge in [-0.1, -0.05) is 35.3 Å². The Hall–Kier alpha value is -3.11. The van der Waals surface area contributed by atoms with Crippen LogP contribution >= 0.6 is 34.5 Å². The Morgan fingerprint density at radius 3 is 2.70 bits per heavy atom. The van der Waals surface area contributed by atoms with Gasteiger partial charge in [0.25, 0.3) is 0 Å². The van der Waals surface area contributed by atoms with Crippen molar-refractivity contribution in [2.24, 2.45) is 0 Å². The normalized spacial score (nSPS) is 10.6. The van der Waals surface area contributed by atoms with E-state index in [1.165, 1.54) is 24.6 Å². The number of nitriles is 1. The molecule has 5 nitrogen and oxygen atoms in total. The topological polar surface area (TPSA) is 75.0 Å². The molecular formula is C22H13Cl2N3O2S. The molecule has 0 saturated carbocycles. The minimum Gasteiger partial charge on any atom is -0.495 e. The lowest BCUT2D eigenvalue weighted by atomic mass is 10.1. The number of fused-ring (bicyclic) bond motifs is 1. The molecule has 0 radical (unpaired) electrons. The third kappa shape index (κ3) is 3.71. The maximum atomic E-state index is 11.0. The number of rotatable bonds is 5. The van der Waals surface area contributed by atoms with Gasteiger partial charge in [0.1, 0.15) is 11.8 Å². The summed E-state index contributed by atoms with van der Waals surface area (Å²) in [4.78, 5) is 17.0. The highest BCUT2D eigenvalue weighted by Gasteiger charge is 2.14. The number of aldehydes is 1. The van der Waals surface area contributed by atoms with Crippen molar-refractivity contribution in [2.45, 2.75) is 0 Å². The summed E-state index contributed by atoms with van der Waals surface area (Å²) in [5.41, 5.74) is 3.15. The lowest BCUT2D eigenvalue weighted by Gasteiger charge is -2.15. The Morgan fingerprint density at radius 2 is 2.00 bits per heavy atom. The number of halogens is 2. The van der Waals surface area contributed by atoms with Gasteiger partial charge in [-0.05, 0) is 29.8 Å². The Balaban J connectivity index is 1.83. The van der Waals surface area contributed by atoms with Crippen molar-refractivity contribution < 1.29 is 9.53 Å². The van der Waals surface area contributed by atoms with E-state index in [2.05, 4.69) is 16.4 Å². The van der Waals surface area contributed by atoms with E-state index in [4.69, 9.17) is 27.9 Å². The van der Waals surface area contributed by atoms with E-state index >= 15 is 0 Å². The molecule has 8 heteroatoms. The first-order chi connectivity index (χ1) is 14.5. The van der Waals surface area contributed by atoms with Gasteiger partial charge in [0.2, 0.25) is 0 Å². The van der Waals surface area contributed by atoms with Crippen molar-refractivity contribution in [2.75, 3.05) is 12.4 Å². The van der Waals surface area contributed by atoms with Gasteiger partial charge in [0.05, 0.1) is 44.5 Å². The molecule has 148 valence electrons. The van der Waals surface area contributed by atoms with Gasteiger partial charge in [-0.25, -0.2) is 0 Å². The number of benzene rings is 2. The van der Waals surface area contributed by atoms with Crippen molar-refractivity contribution >= 4 is 63.1 Å². The second-order valence-electron chi connectivity index (χ2n) is 6.30. The molecule has 0 unspecified atom stereocenters. The number of hydrogen-bond donors (Lipinski definition) is 1. The summed E-state index contributed by atoms with van der Waals surface area (Å²) < 4.78 is 5.27. The standard InChI is InChI=1S/C22H13Cl2N3O2S/c1-29-20-8-19(16(23)7-17(20)24)27-22-13(9-25)10-26-18-6-12(2-4-15(18)22)21-5-3-14(11-28)30-21/h2-8,10-11H,1H3,(H,26,27). The molecule has 0 spiro atoms. The highest BCUT2D eigenvalue weighted by molar-refractivity contribution is 7.17. The zero-order valence-corrected chi connectivity index (χ0v) is 17.9. The van der Waals surface area contributed by atoms with Gasteiger partial charge in [-0.3, -0.25) is 9.78 Å². The van der Waals surface area contributed by atoms with E-state index < -0.39 is 0 Å². The quantitative estimate of drug-likeness (QED) is 0.340. The Labute approximate surface area is 186 Å². The molecule has 2 aromatic heterocycles. The molecule has 0 atom stereocenters. The van der Waals surface area contributed by atoms with Gasteiger partial charge >= 0.3 is 0 Å². The third-order valence-corrected chi connectivity index (χ3v) is 6.19. The van der Waals surface area contributed by atoms with E-state index in [-0.39, 0.29) is 0 Å². The average Bonchev–Trinajstić information content (AvgIpc) is 3.24. The molecule has 4 rings (SSSR count). The monoisotopic (exact) mass is 453 g/mol. The minimum atomic E-state index is 0.375. The number of aromatic nitrogens is 1. The van der Waals surface area contributed by atoms with Crippen LogP contribution in [0.3, 0.4) is 0 Å². The summed E-state index contributed by atoms with van der Waals surface area (Å²) in [7, 11) is 1.52. The maximum absolute atomic E-state index is 11.0. The molecular weight excluding hydrogens is 441 g/mol. The van der Waals surface area contributed by atoms with Crippen molar-refractivity contribution in [1.82, 2.24) is 4.98 Å². The fraction of sp³-hybridized carbons (Fsp3) is 0.0455. The lowest BCUT2D eigenvalue weighted by Crippen LogP contribution is -1.98. The van der Waals surface area contributed by atoms with Crippen LogP contribution in [0.15, 0.2) is 48.7 Å². The van der Waals surface area contributed by atoms with E-state index in [9.17, 15) is 10.1 Å². The summed E-state index contributed by atoms with van der Waals surface area (Å²) in [5.74, 6) is 0.464. The Morgan fingerprint density at radius 1 is 1.17 bits per heavy atom. The summed E-state index contributed by atoms with van der Waals surface area (Å²) in [6.45, 7) is 0. The van der Waals surface area contributed by atoms with Crippen LogP contribution in [-0.2, 0) is 0 Å². The fourth-order valence-electron chi connectivity index (χ4n) is 3.05. The van der Waals surface area contributed by atoms with Crippen molar-refractivity contribution in [3.63, 3.8) is 0 Å². The lowest BCUT2D eigenvalue weighted by molar-refractivity contribution is 0.112. The highest BCUT2D eigenvalue weighted by atomic mass is 35.5.